The highest BCUT2D eigenvalue weighted by atomic mass is 15.0. The molecule has 0 N–H and O–H groups in total. The minimum atomic E-state index is 0.552. The van der Waals surface area contributed by atoms with Crippen molar-refractivity contribution in [2.45, 2.75) is 0 Å². The van der Waals surface area contributed by atoms with Crippen LogP contribution in [0.1, 0.15) is 0 Å². The molecule has 0 atom stereocenters. The van der Waals surface area contributed by atoms with Gasteiger partial charge in [0.25, 0.3) is 0 Å². The van der Waals surface area contributed by atoms with E-state index in [9.17, 15) is 0 Å². The van der Waals surface area contributed by atoms with E-state index in [2.05, 4.69) is 137 Å². The quantitative estimate of drug-likeness (QED) is 0.171. The summed E-state index contributed by atoms with van der Waals surface area (Å²) in [6, 6.07) is 53.7. The Morgan fingerprint density at radius 2 is 0.673 bits per heavy atom. The average Bonchev–Trinajstić information content (AvgIpc) is 3.23. The number of rotatable bonds is 5. The van der Waals surface area contributed by atoms with Gasteiger partial charge in [-0.3, -0.25) is 9.97 Å². The Labute approximate surface area is 300 Å². The van der Waals surface area contributed by atoms with Crippen molar-refractivity contribution in [3.8, 4) is 56.4 Å². The molecular weight excluding hydrogens is 635 g/mol. The van der Waals surface area contributed by atoms with E-state index in [1.165, 1.54) is 43.1 Å². The molecule has 0 fully saturated rings. The first-order valence-electron chi connectivity index (χ1n) is 17.3. The molecule has 7 aromatic carbocycles. The second kappa shape index (κ2) is 12.3. The summed E-state index contributed by atoms with van der Waals surface area (Å²) in [5.41, 5.74) is 6.98. The molecule has 0 aliphatic heterocycles. The zero-order valence-corrected chi connectivity index (χ0v) is 28.0. The van der Waals surface area contributed by atoms with Crippen molar-refractivity contribution in [1.82, 2.24) is 24.9 Å². The fourth-order valence-electron chi connectivity index (χ4n) is 7.41. The molecule has 0 spiro atoms. The third kappa shape index (κ3) is 5.15. The maximum atomic E-state index is 5.11. The van der Waals surface area contributed by atoms with Crippen molar-refractivity contribution in [2.75, 3.05) is 0 Å². The van der Waals surface area contributed by atoms with E-state index in [0.29, 0.717) is 17.5 Å². The molecule has 10 aromatic rings. The number of nitrogens with zero attached hydrogens (tertiary/aromatic N) is 5. The molecule has 5 nitrogen and oxygen atoms in total. The smallest absolute Gasteiger partial charge is 0.165 e. The molecule has 0 saturated carbocycles. The van der Waals surface area contributed by atoms with E-state index in [-0.39, 0.29) is 0 Å². The fraction of sp³-hybridized carbons (Fsp3) is 0. The van der Waals surface area contributed by atoms with Crippen molar-refractivity contribution >= 4 is 43.1 Å². The van der Waals surface area contributed by atoms with Gasteiger partial charge in [0.05, 0.1) is 0 Å². The lowest BCUT2D eigenvalue weighted by Crippen LogP contribution is -2.01. The predicted molar refractivity (Wildman–Crippen MR) is 213 cm³/mol. The first-order chi connectivity index (χ1) is 25.8. The van der Waals surface area contributed by atoms with Gasteiger partial charge >= 0.3 is 0 Å². The highest BCUT2D eigenvalue weighted by Crippen LogP contribution is 2.41. The van der Waals surface area contributed by atoms with Gasteiger partial charge in [0.15, 0.2) is 17.5 Å². The maximum absolute atomic E-state index is 5.11. The van der Waals surface area contributed by atoms with E-state index in [4.69, 9.17) is 15.0 Å². The summed E-state index contributed by atoms with van der Waals surface area (Å²) in [7, 11) is 0. The van der Waals surface area contributed by atoms with Crippen molar-refractivity contribution in [3.05, 3.63) is 176 Å². The molecule has 5 heteroatoms. The Bertz CT molecular complexity index is 2760. The highest BCUT2D eigenvalue weighted by Gasteiger charge is 2.18. The zero-order chi connectivity index (χ0) is 34.4. The lowest BCUT2D eigenvalue weighted by atomic mass is 9.88. The normalized spacial score (nSPS) is 11.5. The highest BCUT2D eigenvalue weighted by molar-refractivity contribution is 6.16. The Balaban J connectivity index is 1.30. The lowest BCUT2D eigenvalue weighted by Gasteiger charge is -2.16. The number of hydrogen-bond acceptors (Lipinski definition) is 5. The molecule has 0 aliphatic rings. The third-order valence-corrected chi connectivity index (χ3v) is 9.82. The largest absolute Gasteiger partial charge is 0.264 e. The minimum absolute atomic E-state index is 0.552. The van der Waals surface area contributed by atoms with Crippen LogP contribution >= 0.6 is 0 Å². The minimum Gasteiger partial charge on any atom is -0.264 e. The molecule has 0 bridgehead atoms. The Kier molecular flexibility index (Phi) is 7.07. The number of benzene rings is 7. The van der Waals surface area contributed by atoms with Crippen molar-refractivity contribution in [1.29, 1.82) is 0 Å². The summed E-state index contributed by atoms with van der Waals surface area (Å²) in [5, 5.41) is 9.67. The van der Waals surface area contributed by atoms with Crippen molar-refractivity contribution < 1.29 is 0 Å². The van der Waals surface area contributed by atoms with Gasteiger partial charge in [-0.2, -0.15) is 0 Å². The first-order valence-corrected chi connectivity index (χ1v) is 17.3. The lowest BCUT2D eigenvalue weighted by molar-refractivity contribution is 1.07. The van der Waals surface area contributed by atoms with E-state index in [0.717, 1.165) is 38.9 Å². The van der Waals surface area contributed by atoms with Gasteiger partial charge in [0, 0.05) is 41.5 Å². The molecular formula is C47H29N5. The van der Waals surface area contributed by atoms with Crippen LogP contribution in [0.3, 0.4) is 0 Å². The molecule has 3 heterocycles. The van der Waals surface area contributed by atoms with Crippen molar-refractivity contribution in [3.63, 3.8) is 0 Å². The van der Waals surface area contributed by atoms with Gasteiger partial charge in [-0.15, -0.1) is 0 Å². The molecule has 3 aromatic heterocycles. The summed E-state index contributed by atoms with van der Waals surface area (Å²) < 4.78 is 0. The maximum Gasteiger partial charge on any atom is 0.165 e. The zero-order valence-electron chi connectivity index (χ0n) is 28.0. The van der Waals surface area contributed by atoms with Crippen LogP contribution in [0, 0.1) is 0 Å². The summed E-state index contributed by atoms with van der Waals surface area (Å²) in [5.74, 6) is 1.68. The average molecular weight is 664 g/mol. The molecule has 0 aliphatic carbocycles. The van der Waals surface area contributed by atoms with Gasteiger partial charge in [-0.05, 0) is 120 Å². The van der Waals surface area contributed by atoms with Crippen LogP contribution in [-0.4, -0.2) is 24.9 Å². The van der Waals surface area contributed by atoms with E-state index < -0.39 is 0 Å². The monoisotopic (exact) mass is 663 g/mol. The summed E-state index contributed by atoms with van der Waals surface area (Å²) in [6.45, 7) is 0. The fourth-order valence-corrected chi connectivity index (χ4v) is 7.41. The number of fused-ring (bicyclic) bond motifs is 6. The number of aromatic nitrogens is 5. The molecule has 0 radical (unpaired) electrons. The van der Waals surface area contributed by atoms with E-state index in [1.54, 1.807) is 24.8 Å². The van der Waals surface area contributed by atoms with Gasteiger partial charge in [0.2, 0.25) is 0 Å². The van der Waals surface area contributed by atoms with E-state index >= 15 is 0 Å². The Morgan fingerprint density at radius 1 is 0.288 bits per heavy atom. The van der Waals surface area contributed by atoms with Gasteiger partial charge < -0.3 is 0 Å². The van der Waals surface area contributed by atoms with Crippen LogP contribution in [0.4, 0.5) is 0 Å². The SMILES string of the molecule is c1cncc(-c2nc(-c3cccnc3)nc(-c3cc(-c4cc5ccccc5c5ccccc45)cc(-c4cc5ccccc5c5ccccc45)c3)n2)c1. The molecule has 52 heavy (non-hydrogen) atoms. The molecule has 0 unspecified atom stereocenters. The second-order valence-corrected chi connectivity index (χ2v) is 13.0. The molecule has 242 valence electrons. The third-order valence-electron chi connectivity index (χ3n) is 9.82. The van der Waals surface area contributed by atoms with Gasteiger partial charge in [0.1, 0.15) is 0 Å². The molecule has 10 rings (SSSR count). The summed E-state index contributed by atoms with van der Waals surface area (Å²) in [4.78, 5) is 23.9. The van der Waals surface area contributed by atoms with E-state index in [1.807, 2.05) is 24.3 Å². The summed E-state index contributed by atoms with van der Waals surface area (Å²) >= 11 is 0. The topological polar surface area (TPSA) is 64.5 Å². The number of pyridine rings is 2. The summed E-state index contributed by atoms with van der Waals surface area (Å²) in [6.07, 6.45) is 7.09. The Hall–Kier alpha value is -7.11. The van der Waals surface area contributed by atoms with Crippen molar-refractivity contribution in [2.24, 2.45) is 0 Å². The predicted octanol–water partition coefficient (Wildman–Crippen LogP) is 11.6. The van der Waals surface area contributed by atoms with Crippen LogP contribution in [0.2, 0.25) is 0 Å². The second-order valence-electron chi connectivity index (χ2n) is 13.0. The van der Waals surface area contributed by atoms with Crippen LogP contribution in [-0.2, 0) is 0 Å². The number of hydrogen-bond donors (Lipinski definition) is 0. The van der Waals surface area contributed by atoms with Gasteiger partial charge in [-0.25, -0.2) is 15.0 Å². The van der Waals surface area contributed by atoms with Crippen LogP contribution in [0.5, 0.6) is 0 Å². The standard InChI is InChI=1S/C47H29N5/c1-3-15-37-30(11-1)26-43(41-19-7-5-17-39(37)41)34-23-35(44-27-31-12-2-4-16-38(31)40-18-6-8-20-42(40)44)25-36(24-34)47-51-45(32-13-9-21-48-28-32)50-46(52-47)33-14-10-22-49-29-33/h1-29H. The van der Waals surface area contributed by atoms with Crippen LogP contribution < -0.4 is 0 Å². The molecule has 0 saturated heterocycles. The molecule has 0 amide bonds. The van der Waals surface area contributed by atoms with Gasteiger partial charge in [-0.1, -0.05) is 97.1 Å². The first kappa shape index (κ1) is 29.8. The Morgan fingerprint density at radius 3 is 1.12 bits per heavy atom. The van der Waals surface area contributed by atoms with Crippen LogP contribution in [0.15, 0.2) is 176 Å². The van der Waals surface area contributed by atoms with Crippen LogP contribution in [0.25, 0.3) is 99.5 Å².